The Morgan fingerprint density at radius 1 is 1.03 bits per heavy atom. The normalized spacial score (nSPS) is 13.9. The highest BCUT2D eigenvalue weighted by Gasteiger charge is 2.33. The molecule has 0 spiro atoms. The van der Waals surface area contributed by atoms with Gasteiger partial charge in [-0.3, -0.25) is 0 Å². The van der Waals surface area contributed by atoms with Crippen LogP contribution in [0.4, 0.5) is 13.2 Å². The summed E-state index contributed by atoms with van der Waals surface area (Å²) in [5.41, 5.74) is 1.66. The van der Waals surface area contributed by atoms with Gasteiger partial charge in [0.25, 0.3) is 0 Å². The third-order valence-corrected chi connectivity index (χ3v) is 6.21. The number of halogens is 3. The van der Waals surface area contributed by atoms with Crippen LogP contribution in [0, 0.1) is 5.92 Å². The number of benzene rings is 2. The minimum Gasteiger partial charge on any atom is -0.347 e. The van der Waals surface area contributed by atoms with Crippen molar-refractivity contribution in [2.75, 3.05) is 12.0 Å². The maximum Gasteiger partial charge on any atom is 0.417 e. The molecule has 3 aromatic rings. The van der Waals surface area contributed by atoms with E-state index in [1.54, 1.807) is 18.2 Å². The number of hydrogen-bond acceptors (Lipinski definition) is 2. The molecule has 3 nitrogen and oxygen atoms in total. The van der Waals surface area contributed by atoms with E-state index < -0.39 is 21.6 Å². The summed E-state index contributed by atoms with van der Waals surface area (Å²) in [6, 6.07) is 10.8. The van der Waals surface area contributed by atoms with E-state index in [1.165, 1.54) is 18.4 Å². The fraction of sp³-hybridized carbons (Fsp3) is 0.391. The second-order valence-electron chi connectivity index (χ2n) is 8.40. The van der Waals surface area contributed by atoms with Crippen molar-refractivity contribution in [1.29, 1.82) is 0 Å². The summed E-state index contributed by atoms with van der Waals surface area (Å²) in [5.74, 6) is 0.126. The van der Waals surface area contributed by atoms with E-state index >= 15 is 0 Å². The molecule has 0 aliphatic carbocycles. The standard InChI is InChI=1S/C23H26F3NO2S/c1-15(2)12-27-13-20(16(3)14-30(4,28)29)19-10-9-17(11-22(19)27)18-7-5-6-8-21(18)23(24,25)26/h5-11,13,15-16H,12,14H2,1-4H3. The quantitative estimate of drug-likeness (QED) is 0.465. The highest BCUT2D eigenvalue weighted by molar-refractivity contribution is 7.90. The minimum atomic E-state index is -4.44. The highest BCUT2D eigenvalue weighted by atomic mass is 32.2. The Balaban J connectivity index is 2.19. The first-order chi connectivity index (χ1) is 13.9. The number of sulfone groups is 1. The zero-order chi connectivity index (χ0) is 22.3. The molecule has 1 unspecified atom stereocenters. The predicted octanol–water partition coefficient (Wildman–Crippen LogP) is 6.13. The van der Waals surface area contributed by atoms with Crippen LogP contribution in [0.3, 0.4) is 0 Å². The zero-order valence-electron chi connectivity index (χ0n) is 17.5. The van der Waals surface area contributed by atoms with Gasteiger partial charge in [-0.2, -0.15) is 13.2 Å². The number of nitrogens with zero attached hydrogens (tertiary/aromatic N) is 1. The summed E-state index contributed by atoms with van der Waals surface area (Å²) in [5, 5.41) is 0.875. The molecule has 1 heterocycles. The molecule has 1 atom stereocenters. The maximum absolute atomic E-state index is 13.5. The lowest BCUT2D eigenvalue weighted by Gasteiger charge is -2.14. The van der Waals surface area contributed by atoms with Crippen molar-refractivity contribution >= 4 is 20.7 Å². The minimum absolute atomic E-state index is 0.0203. The number of fused-ring (bicyclic) bond motifs is 1. The Morgan fingerprint density at radius 3 is 2.30 bits per heavy atom. The Hall–Kier alpha value is -2.28. The zero-order valence-corrected chi connectivity index (χ0v) is 18.3. The lowest BCUT2D eigenvalue weighted by Crippen LogP contribution is -2.10. The Labute approximate surface area is 175 Å². The van der Waals surface area contributed by atoms with Crippen LogP contribution >= 0.6 is 0 Å². The van der Waals surface area contributed by atoms with Gasteiger partial charge in [0, 0.05) is 29.9 Å². The van der Waals surface area contributed by atoms with Crippen molar-refractivity contribution < 1.29 is 21.6 Å². The summed E-state index contributed by atoms with van der Waals surface area (Å²) in [4.78, 5) is 0. The molecule has 7 heteroatoms. The summed E-state index contributed by atoms with van der Waals surface area (Å²) in [7, 11) is -3.16. The van der Waals surface area contributed by atoms with Crippen LogP contribution in [-0.2, 0) is 22.6 Å². The Bertz CT molecular complexity index is 1160. The van der Waals surface area contributed by atoms with Gasteiger partial charge in [-0.25, -0.2) is 8.42 Å². The molecule has 0 bridgehead atoms. The molecular formula is C23H26F3NO2S. The van der Waals surface area contributed by atoms with E-state index in [0.717, 1.165) is 22.5 Å². The average Bonchev–Trinajstić information content (AvgIpc) is 2.97. The van der Waals surface area contributed by atoms with E-state index in [0.29, 0.717) is 18.0 Å². The molecule has 0 radical (unpaired) electrons. The van der Waals surface area contributed by atoms with Gasteiger partial charge < -0.3 is 4.57 Å². The second kappa shape index (κ2) is 8.10. The molecule has 3 rings (SSSR count). The number of aromatic nitrogens is 1. The monoisotopic (exact) mass is 437 g/mol. The first-order valence-corrected chi connectivity index (χ1v) is 11.9. The van der Waals surface area contributed by atoms with E-state index in [9.17, 15) is 21.6 Å². The van der Waals surface area contributed by atoms with E-state index in [-0.39, 0.29) is 17.2 Å². The van der Waals surface area contributed by atoms with Gasteiger partial charge in [0.2, 0.25) is 0 Å². The van der Waals surface area contributed by atoms with Gasteiger partial charge in [-0.15, -0.1) is 0 Å². The smallest absolute Gasteiger partial charge is 0.347 e. The summed E-state index contributed by atoms with van der Waals surface area (Å²) < 4.78 is 66.1. The molecule has 30 heavy (non-hydrogen) atoms. The third-order valence-electron chi connectivity index (χ3n) is 5.10. The van der Waals surface area contributed by atoms with Crippen LogP contribution in [0.1, 0.15) is 37.8 Å². The van der Waals surface area contributed by atoms with E-state index in [1.807, 2.05) is 23.8 Å². The van der Waals surface area contributed by atoms with Crippen molar-refractivity contribution in [2.24, 2.45) is 5.92 Å². The van der Waals surface area contributed by atoms with Crippen molar-refractivity contribution in [1.82, 2.24) is 4.57 Å². The van der Waals surface area contributed by atoms with Crippen LogP contribution in [-0.4, -0.2) is 25.0 Å². The lowest BCUT2D eigenvalue weighted by atomic mass is 9.96. The molecular weight excluding hydrogens is 411 g/mol. The molecule has 0 aliphatic rings. The van der Waals surface area contributed by atoms with Crippen LogP contribution in [0.5, 0.6) is 0 Å². The first-order valence-electron chi connectivity index (χ1n) is 9.84. The summed E-state index contributed by atoms with van der Waals surface area (Å²) in [6.45, 7) is 6.68. The second-order valence-corrected chi connectivity index (χ2v) is 10.6. The molecule has 0 saturated heterocycles. The molecule has 162 valence electrons. The number of rotatable bonds is 6. The van der Waals surface area contributed by atoms with Crippen molar-refractivity contribution in [3.8, 4) is 11.1 Å². The van der Waals surface area contributed by atoms with Crippen LogP contribution in [0.25, 0.3) is 22.0 Å². The molecule has 0 aliphatic heterocycles. The molecule has 0 N–H and O–H groups in total. The summed E-state index contributed by atoms with van der Waals surface area (Å²) in [6.07, 6.45) is -1.29. The SMILES string of the molecule is CC(C)Cn1cc(C(C)CS(C)(=O)=O)c2ccc(-c3ccccc3C(F)(F)F)cc21. The van der Waals surface area contributed by atoms with Gasteiger partial charge in [0.1, 0.15) is 9.84 Å². The third kappa shape index (κ3) is 4.89. The Kier molecular flexibility index (Phi) is 6.05. The molecule has 1 aromatic heterocycles. The lowest BCUT2D eigenvalue weighted by molar-refractivity contribution is -0.137. The molecule has 0 fully saturated rings. The van der Waals surface area contributed by atoms with Gasteiger partial charge in [0.15, 0.2) is 0 Å². The van der Waals surface area contributed by atoms with Gasteiger partial charge in [-0.05, 0) is 40.7 Å². The predicted molar refractivity (Wildman–Crippen MR) is 115 cm³/mol. The molecule has 0 amide bonds. The van der Waals surface area contributed by atoms with E-state index in [4.69, 9.17) is 0 Å². The highest BCUT2D eigenvalue weighted by Crippen LogP contribution is 2.39. The van der Waals surface area contributed by atoms with Gasteiger partial charge in [0.05, 0.1) is 11.3 Å². The van der Waals surface area contributed by atoms with Crippen molar-refractivity contribution in [3.63, 3.8) is 0 Å². The van der Waals surface area contributed by atoms with Gasteiger partial charge in [-0.1, -0.05) is 51.1 Å². The topological polar surface area (TPSA) is 39.1 Å². The van der Waals surface area contributed by atoms with Crippen molar-refractivity contribution in [2.45, 2.75) is 39.4 Å². The average molecular weight is 438 g/mol. The maximum atomic E-state index is 13.5. The number of alkyl halides is 3. The van der Waals surface area contributed by atoms with Crippen LogP contribution < -0.4 is 0 Å². The molecule has 0 saturated carbocycles. The first kappa shape index (κ1) is 22.4. The van der Waals surface area contributed by atoms with Crippen molar-refractivity contribution in [3.05, 3.63) is 59.8 Å². The van der Waals surface area contributed by atoms with Crippen LogP contribution in [0.15, 0.2) is 48.7 Å². The van der Waals surface area contributed by atoms with Crippen LogP contribution in [0.2, 0.25) is 0 Å². The van der Waals surface area contributed by atoms with Gasteiger partial charge >= 0.3 is 6.18 Å². The Morgan fingerprint density at radius 2 is 1.70 bits per heavy atom. The molecule has 2 aromatic carbocycles. The fourth-order valence-electron chi connectivity index (χ4n) is 3.95. The number of hydrogen-bond donors (Lipinski definition) is 0. The fourth-order valence-corrected chi connectivity index (χ4v) is 5.04. The largest absolute Gasteiger partial charge is 0.417 e. The van der Waals surface area contributed by atoms with E-state index in [2.05, 4.69) is 13.8 Å². The summed E-state index contributed by atoms with van der Waals surface area (Å²) >= 11 is 0.